The van der Waals surface area contributed by atoms with E-state index in [1.807, 2.05) is 35.0 Å². The normalized spacial score (nSPS) is 24.1. The van der Waals surface area contributed by atoms with Crippen LogP contribution in [-0.4, -0.2) is 31.0 Å². The number of phenolic OH excluding ortho intramolecular Hbond substituents is 1. The summed E-state index contributed by atoms with van der Waals surface area (Å²) in [6.07, 6.45) is 11.8. The predicted molar refractivity (Wildman–Crippen MR) is 101 cm³/mol. The Kier molecular flexibility index (Phi) is 4.03. The standard InChI is InChI=1S/C21H22N4O2/c26-20-12-16(25-8-7-22-13-25)3-4-18(20)19-5-6-21(24-23-19)27-17-10-14-1-2-15(9-14)11-17/h3-8,12-15,17,26H,1-2,9-11H2/t14-,15+,17?. The number of aromatic hydroxyl groups is 1. The lowest BCUT2D eigenvalue weighted by Crippen LogP contribution is -2.26. The fourth-order valence-electron chi connectivity index (χ4n) is 4.55. The summed E-state index contributed by atoms with van der Waals surface area (Å²) >= 11 is 0. The van der Waals surface area contributed by atoms with Gasteiger partial charge in [-0.15, -0.1) is 10.2 Å². The molecule has 0 saturated heterocycles. The van der Waals surface area contributed by atoms with Gasteiger partial charge in [-0.25, -0.2) is 4.98 Å². The van der Waals surface area contributed by atoms with Gasteiger partial charge in [0.25, 0.3) is 0 Å². The second kappa shape index (κ2) is 6.68. The molecule has 2 heterocycles. The van der Waals surface area contributed by atoms with Crippen molar-refractivity contribution in [1.82, 2.24) is 19.7 Å². The molecule has 2 aliphatic carbocycles. The quantitative estimate of drug-likeness (QED) is 0.760. The maximum atomic E-state index is 10.4. The second-order valence-electron chi connectivity index (χ2n) is 7.68. The van der Waals surface area contributed by atoms with Crippen LogP contribution in [-0.2, 0) is 0 Å². The van der Waals surface area contributed by atoms with Crippen molar-refractivity contribution in [2.24, 2.45) is 11.8 Å². The zero-order valence-corrected chi connectivity index (χ0v) is 15.0. The van der Waals surface area contributed by atoms with Gasteiger partial charge in [0.1, 0.15) is 11.9 Å². The van der Waals surface area contributed by atoms with Crippen LogP contribution in [0.4, 0.5) is 0 Å². The summed E-state index contributed by atoms with van der Waals surface area (Å²) in [6, 6.07) is 9.16. The Labute approximate surface area is 157 Å². The molecule has 1 N–H and O–H groups in total. The van der Waals surface area contributed by atoms with E-state index in [-0.39, 0.29) is 11.9 Å². The molecule has 3 aromatic rings. The minimum atomic E-state index is 0.160. The summed E-state index contributed by atoms with van der Waals surface area (Å²) in [5.74, 6) is 2.38. The lowest BCUT2D eigenvalue weighted by atomic mass is 9.87. The van der Waals surface area contributed by atoms with Crippen LogP contribution in [0.2, 0.25) is 0 Å². The number of nitrogens with zero attached hydrogens (tertiary/aromatic N) is 4. The number of rotatable bonds is 4. The molecule has 3 atom stereocenters. The highest BCUT2D eigenvalue weighted by Crippen LogP contribution is 2.43. The van der Waals surface area contributed by atoms with Gasteiger partial charge in [0, 0.05) is 30.1 Å². The smallest absolute Gasteiger partial charge is 0.233 e. The summed E-state index contributed by atoms with van der Waals surface area (Å²) < 4.78 is 7.92. The number of imidazole rings is 1. The van der Waals surface area contributed by atoms with E-state index in [0.29, 0.717) is 17.1 Å². The van der Waals surface area contributed by atoms with Gasteiger partial charge in [-0.05, 0) is 49.3 Å². The highest BCUT2D eigenvalue weighted by Gasteiger charge is 2.35. The van der Waals surface area contributed by atoms with Crippen molar-refractivity contribution in [3.8, 4) is 28.6 Å². The number of benzene rings is 1. The van der Waals surface area contributed by atoms with E-state index in [0.717, 1.165) is 30.4 Å². The van der Waals surface area contributed by atoms with E-state index < -0.39 is 0 Å². The van der Waals surface area contributed by atoms with Gasteiger partial charge in [0.15, 0.2) is 0 Å². The van der Waals surface area contributed by atoms with E-state index in [4.69, 9.17) is 4.74 Å². The first-order valence-corrected chi connectivity index (χ1v) is 9.57. The second-order valence-corrected chi connectivity index (χ2v) is 7.68. The lowest BCUT2D eigenvalue weighted by Gasteiger charge is -2.27. The molecule has 2 aliphatic rings. The Hall–Kier alpha value is -2.89. The topological polar surface area (TPSA) is 73.1 Å². The molecule has 1 aromatic carbocycles. The van der Waals surface area contributed by atoms with E-state index in [1.165, 1.54) is 19.3 Å². The van der Waals surface area contributed by atoms with Crippen LogP contribution in [0.3, 0.4) is 0 Å². The van der Waals surface area contributed by atoms with Crippen molar-refractivity contribution >= 4 is 0 Å². The molecule has 0 amide bonds. The highest BCUT2D eigenvalue weighted by molar-refractivity contribution is 5.68. The maximum absolute atomic E-state index is 10.4. The Morgan fingerprint density at radius 1 is 1.00 bits per heavy atom. The summed E-state index contributed by atoms with van der Waals surface area (Å²) in [4.78, 5) is 4.02. The average molecular weight is 362 g/mol. The number of aromatic nitrogens is 4. The van der Waals surface area contributed by atoms with Gasteiger partial charge in [-0.2, -0.15) is 0 Å². The van der Waals surface area contributed by atoms with Crippen molar-refractivity contribution in [3.63, 3.8) is 0 Å². The van der Waals surface area contributed by atoms with Gasteiger partial charge < -0.3 is 14.4 Å². The first-order valence-electron chi connectivity index (χ1n) is 9.57. The van der Waals surface area contributed by atoms with Crippen molar-refractivity contribution < 1.29 is 9.84 Å². The number of hydrogen-bond donors (Lipinski definition) is 1. The molecule has 0 aliphatic heterocycles. The zero-order chi connectivity index (χ0) is 18.2. The maximum Gasteiger partial charge on any atom is 0.233 e. The van der Waals surface area contributed by atoms with Gasteiger partial charge >= 0.3 is 0 Å². The van der Waals surface area contributed by atoms with E-state index in [9.17, 15) is 5.11 Å². The third kappa shape index (κ3) is 3.27. The van der Waals surface area contributed by atoms with Crippen molar-refractivity contribution in [2.75, 3.05) is 0 Å². The number of ether oxygens (including phenoxy) is 1. The van der Waals surface area contributed by atoms with Crippen molar-refractivity contribution in [1.29, 1.82) is 0 Å². The Morgan fingerprint density at radius 2 is 1.85 bits per heavy atom. The third-order valence-electron chi connectivity index (χ3n) is 5.83. The van der Waals surface area contributed by atoms with Crippen LogP contribution in [0.25, 0.3) is 16.9 Å². The summed E-state index contributed by atoms with van der Waals surface area (Å²) in [6.45, 7) is 0. The van der Waals surface area contributed by atoms with Gasteiger partial charge in [-0.3, -0.25) is 0 Å². The summed E-state index contributed by atoms with van der Waals surface area (Å²) in [5, 5.41) is 18.9. The predicted octanol–water partition coefficient (Wildman–Crippen LogP) is 3.99. The monoisotopic (exact) mass is 362 g/mol. The first kappa shape index (κ1) is 16.3. The molecule has 2 bridgehead atoms. The molecule has 6 nitrogen and oxygen atoms in total. The van der Waals surface area contributed by atoms with Gasteiger partial charge in [0.2, 0.25) is 5.88 Å². The molecular weight excluding hydrogens is 340 g/mol. The minimum Gasteiger partial charge on any atom is -0.507 e. The SMILES string of the molecule is Oc1cc(-n2ccnc2)ccc1-c1ccc(OC2C[C@H]3CC[C@@H](C2)C3)nn1. The van der Waals surface area contributed by atoms with Crippen LogP contribution in [0.15, 0.2) is 49.1 Å². The highest BCUT2D eigenvalue weighted by atomic mass is 16.5. The molecule has 1 unspecified atom stereocenters. The van der Waals surface area contributed by atoms with Crippen LogP contribution in [0, 0.1) is 11.8 Å². The van der Waals surface area contributed by atoms with Crippen LogP contribution in [0.5, 0.6) is 11.6 Å². The van der Waals surface area contributed by atoms with Crippen molar-refractivity contribution in [3.05, 3.63) is 49.1 Å². The molecule has 6 heteroatoms. The van der Waals surface area contributed by atoms with Crippen LogP contribution in [0.1, 0.15) is 32.1 Å². The third-order valence-corrected chi connectivity index (χ3v) is 5.83. The van der Waals surface area contributed by atoms with Crippen molar-refractivity contribution in [2.45, 2.75) is 38.2 Å². The average Bonchev–Trinajstić information content (AvgIpc) is 3.32. The van der Waals surface area contributed by atoms with E-state index >= 15 is 0 Å². The molecule has 0 radical (unpaired) electrons. The lowest BCUT2D eigenvalue weighted by molar-refractivity contribution is 0.113. The van der Waals surface area contributed by atoms with Crippen LogP contribution >= 0.6 is 0 Å². The van der Waals surface area contributed by atoms with E-state index in [2.05, 4.69) is 15.2 Å². The van der Waals surface area contributed by atoms with Crippen LogP contribution < -0.4 is 4.74 Å². The summed E-state index contributed by atoms with van der Waals surface area (Å²) in [5.41, 5.74) is 2.11. The molecule has 138 valence electrons. The minimum absolute atomic E-state index is 0.160. The zero-order valence-electron chi connectivity index (χ0n) is 15.0. The summed E-state index contributed by atoms with van der Waals surface area (Å²) in [7, 11) is 0. The Balaban J connectivity index is 1.31. The number of fused-ring (bicyclic) bond motifs is 2. The van der Waals surface area contributed by atoms with Gasteiger partial charge in [-0.1, -0.05) is 12.8 Å². The molecule has 27 heavy (non-hydrogen) atoms. The molecular formula is C21H22N4O2. The molecule has 0 spiro atoms. The Bertz CT molecular complexity index is 912. The van der Waals surface area contributed by atoms with E-state index in [1.54, 1.807) is 18.6 Å². The largest absolute Gasteiger partial charge is 0.507 e. The Morgan fingerprint density at radius 3 is 2.52 bits per heavy atom. The number of hydrogen-bond acceptors (Lipinski definition) is 5. The molecule has 2 saturated carbocycles. The van der Waals surface area contributed by atoms with Gasteiger partial charge in [0.05, 0.1) is 17.7 Å². The first-order chi connectivity index (χ1) is 13.2. The molecule has 2 fully saturated rings. The molecule has 2 aromatic heterocycles. The molecule has 5 rings (SSSR count). The fraction of sp³-hybridized carbons (Fsp3) is 0.381. The fourth-order valence-corrected chi connectivity index (χ4v) is 4.55. The number of phenols is 1.